The van der Waals surface area contributed by atoms with Gasteiger partial charge in [0.05, 0.1) is 7.11 Å². The van der Waals surface area contributed by atoms with E-state index in [1.165, 1.54) is 13.2 Å². The Kier molecular flexibility index (Phi) is 4.24. The minimum Gasteiger partial charge on any atom is -0.468 e. The zero-order valence-electron chi connectivity index (χ0n) is 8.79. The molecule has 1 N–H and O–H groups in total. The second kappa shape index (κ2) is 5.46. The standard InChI is InChI=1S/C11H14FNO2/c1-3-13-10(11(14)15-2)8-6-4-5-7-9(8)12/h4-7,10,13H,3H2,1-2H3. The lowest BCUT2D eigenvalue weighted by Crippen LogP contribution is -2.30. The summed E-state index contributed by atoms with van der Waals surface area (Å²) in [7, 11) is 1.29. The summed E-state index contributed by atoms with van der Waals surface area (Å²) in [6.45, 7) is 2.41. The highest BCUT2D eigenvalue weighted by Gasteiger charge is 2.22. The molecule has 1 unspecified atom stereocenters. The Morgan fingerprint density at radius 3 is 2.73 bits per heavy atom. The molecule has 1 aromatic rings. The Hall–Kier alpha value is -1.42. The van der Waals surface area contributed by atoms with E-state index in [2.05, 4.69) is 10.1 Å². The first-order valence-corrected chi connectivity index (χ1v) is 4.76. The summed E-state index contributed by atoms with van der Waals surface area (Å²) < 4.78 is 18.0. The largest absolute Gasteiger partial charge is 0.468 e. The SMILES string of the molecule is CCNC(C(=O)OC)c1ccccc1F. The monoisotopic (exact) mass is 211 g/mol. The fourth-order valence-electron chi connectivity index (χ4n) is 1.35. The first kappa shape index (κ1) is 11.7. The zero-order valence-corrected chi connectivity index (χ0v) is 8.79. The van der Waals surface area contributed by atoms with E-state index in [-0.39, 0.29) is 0 Å². The number of hydrogen-bond donors (Lipinski definition) is 1. The summed E-state index contributed by atoms with van der Waals surface area (Å²) in [5, 5.41) is 2.88. The van der Waals surface area contributed by atoms with Gasteiger partial charge < -0.3 is 10.1 Å². The predicted molar refractivity (Wildman–Crippen MR) is 54.8 cm³/mol. The number of carbonyl (C=O) groups excluding carboxylic acids is 1. The van der Waals surface area contributed by atoms with Crippen molar-refractivity contribution in [3.8, 4) is 0 Å². The third-order valence-electron chi connectivity index (χ3n) is 2.06. The third-order valence-corrected chi connectivity index (χ3v) is 2.06. The van der Waals surface area contributed by atoms with Crippen LogP contribution in [0.2, 0.25) is 0 Å². The lowest BCUT2D eigenvalue weighted by molar-refractivity contribution is -0.143. The van der Waals surface area contributed by atoms with Crippen LogP contribution in [0.4, 0.5) is 4.39 Å². The number of esters is 1. The Labute approximate surface area is 88.2 Å². The van der Waals surface area contributed by atoms with Crippen LogP contribution < -0.4 is 5.32 Å². The van der Waals surface area contributed by atoms with Crippen molar-refractivity contribution < 1.29 is 13.9 Å². The molecule has 0 amide bonds. The van der Waals surface area contributed by atoms with Gasteiger partial charge in [0.2, 0.25) is 0 Å². The van der Waals surface area contributed by atoms with E-state index >= 15 is 0 Å². The van der Waals surface area contributed by atoms with Crippen LogP contribution >= 0.6 is 0 Å². The Morgan fingerprint density at radius 1 is 1.53 bits per heavy atom. The molecule has 4 heteroatoms. The topological polar surface area (TPSA) is 38.3 Å². The highest BCUT2D eigenvalue weighted by atomic mass is 19.1. The number of likely N-dealkylation sites (N-methyl/N-ethyl adjacent to an activating group) is 1. The van der Waals surface area contributed by atoms with Gasteiger partial charge in [-0.2, -0.15) is 0 Å². The molecule has 1 aromatic carbocycles. The maximum absolute atomic E-state index is 13.4. The summed E-state index contributed by atoms with van der Waals surface area (Å²) in [6.07, 6.45) is 0. The van der Waals surface area contributed by atoms with Crippen molar-refractivity contribution in [1.82, 2.24) is 5.32 Å². The quantitative estimate of drug-likeness (QED) is 0.769. The van der Waals surface area contributed by atoms with Crippen LogP contribution in [0.3, 0.4) is 0 Å². The molecule has 0 radical (unpaired) electrons. The van der Waals surface area contributed by atoms with Crippen molar-refractivity contribution in [2.75, 3.05) is 13.7 Å². The minimum absolute atomic E-state index is 0.311. The summed E-state index contributed by atoms with van der Waals surface area (Å²) in [5.41, 5.74) is 0.311. The van der Waals surface area contributed by atoms with Gasteiger partial charge in [-0.15, -0.1) is 0 Å². The lowest BCUT2D eigenvalue weighted by Gasteiger charge is -2.16. The summed E-state index contributed by atoms with van der Waals surface area (Å²) in [6, 6.07) is 5.42. The highest BCUT2D eigenvalue weighted by Crippen LogP contribution is 2.17. The van der Waals surface area contributed by atoms with Crippen LogP contribution in [0.5, 0.6) is 0 Å². The number of nitrogens with one attached hydrogen (secondary N) is 1. The van der Waals surface area contributed by atoms with E-state index in [1.54, 1.807) is 18.2 Å². The smallest absolute Gasteiger partial charge is 0.327 e. The average molecular weight is 211 g/mol. The highest BCUT2D eigenvalue weighted by molar-refractivity contribution is 5.77. The molecule has 82 valence electrons. The number of ether oxygens (including phenoxy) is 1. The zero-order chi connectivity index (χ0) is 11.3. The predicted octanol–water partition coefficient (Wildman–Crippen LogP) is 1.65. The van der Waals surface area contributed by atoms with E-state index in [0.717, 1.165) is 0 Å². The Balaban J connectivity index is 2.98. The van der Waals surface area contributed by atoms with E-state index in [9.17, 15) is 9.18 Å². The molecule has 0 aliphatic carbocycles. The van der Waals surface area contributed by atoms with Crippen molar-refractivity contribution in [3.05, 3.63) is 35.6 Å². The molecule has 0 aromatic heterocycles. The average Bonchev–Trinajstić information content (AvgIpc) is 2.26. The number of benzene rings is 1. The molecular weight excluding hydrogens is 197 g/mol. The number of rotatable bonds is 4. The van der Waals surface area contributed by atoms with Crippen LogP contribution in [0.25, 0.3) is 0 Å². The second-order valence-corrected chi connectivity index (χ2v) is 3.04. The van der Waals surface area contributed by atoms with Crippen molar-refractivity contribution in [2.24, 2.45) is 0 Å². The molecule has 0 fully saturated rings. The van der Waals surface area contributed by atoms with Crippen LogP contribution in [0.1, 0.15) is 18.5 Å². The summed E-state index contributed by atoms with van der Waals surface area (Å²) in [4.78, 5) is 11.4. The van der Waals surface area contributed by atoms with Crippen LogP contribution in [0, 0.1) is 5.82 Å². The molecule has 1 atom stereocenters. The molecule has 15 heavy (non-hydrogen) atoms. The first-order chi connectivity index (χ1) is 7.20. The number of carbonyl (C=O) groups is 1. The van der Waals surface area contributed by atoms with Crippen molar-refractivity contribution in [1.29, 1.82) is 0 Å². The molecular formula is C11H14FNO2. The molecule has 0 bridgehead atoms. The Morgan fingerprint density at radius 2 is 2.20 bits per heavy atom. The van der Waals surface area contributed by atoms with Gasteiger partial charge >= 0.3 is 5.97 Å². The van der Waals surface area contributed by atoms with Gasteiger partial charge in [0, 0.05) is 5.56 Å². The molecule has 1 rings (SSSR count). The number of hydrogen-bond acceptors (Lipinski definition) is 3. The maximum Gasteiger partial charge on any atom is 0.327 e. The van der Waals surface area contributed by atoms with E-state index < -0.39 is 17.8 Å². The van der Waals surface area contributed by atoms with Gasteiger partial charge in [-0.1, -0.05) is 25.1 Å². The normalized spacial score (nSPS) is 12.2. The van der Waals surface area contributed by atoms with Crippen molar-refractivity contribution in [2.45, 2.75) is 13.0 Å². The van der Waals surface area contributed by atoms with E-state index in [1.807, 2.05) is 6.92 Å². The molecule has 0 aliphatic rings. The molecule has 0 saturated carbocycles. The molecule has 0 spiro atoms. The maximum atomic E-state index is 13.4. The second-order valence-electron chi connectivity index (χ2n) is 3.04. The molecule has 0 saturated heterocycles. The van der Waals surface area contributed by atoms with Gasteiger partial charge in [0.15, 0.2) is 0 Å². The van der Waals surface area contributed by atoms with Gasteiger partial charge in [0.1, 0.15) is 11.9 Å². The van der Waals surface area contributed by atoms with Gasteiger partial charge in [0.25, 0.3) is 0 Å². The minimum atomic E-state index is -0.735. The van der Waals surface area contributed by atoms with Gasteiger partial charge in [-0.3, -0.25) is 0 Å². The number of halogens is 1. The van der Waals surface area contributed by atoms with E-state index in [0.29, 0.717) is 12.1 Å². The number of methoxy groups -OCH3 is 1. The fraction of sp³-hybridized carbons (Fsp3) is 0.364. The van der Waals surface area contributed by atoms with Gasteiger partial charge in [-0.05, 0) is 12.6 Å². The van der Waals surface area contributed by atoms with Crippen LogP contribution in [0.15, 0.2) is 24.3 Å². The fourth-order valence-corrected chi connectivity index (χ4v) is 1.35. The van der Waals surface area contributed by atoms with Crippen molar-refractivity contribution >= 4 is 5.97 Å². The van der Waals surface area contributed by atoms with Crippen LogP contribution in [-0.2, 0) is 9.53 Å². The summed E-state index contributed by atoms with van der Waals surface area (Å²) >= 11 is 0. The lowest BCUT2D eigenvalue weighted by atomic mass is 10.1. The third kappa shape index (κ3) is 2.76. The van der Waals surface area contributed by atoms with Crippen LogP contribution in [-0.4, -0.2) is 19.6 Å². The first-order valence-electron chi connectivity index (χ1n) is 4.76. The van der Waals surface area contributed by atoms with Crippen molar-refractivity contribution in [3.63, 3.8) is 0 Å². The molecule has 0 aliphatic heterocycles. The molecule has 0 heterocycles. The van der Waals surface area contributed by atoms with E-state index in [4.69, 9.17) is 0 Å². The molecule has 3 nitrogen and oxygen atoms in total. The van der Waals surface area contributed by atoms with Gasteiger partial charge in [-0.25, -0.2) is 9.18 Å². The Bertz CT molecular complexity index is 341. The summed E-state index contributed by atoms with van der Waals surface area (Å²) in [5.74, 6) is -0.893.